The number of hydrogen-bond acceptors (Lipinski definition) is 3. The van der Waals surface area contributed by atoms with Gasteiger partial charge < -0.3 is 5.32 Å². The van der Waals surface area contributed by atoms with E-state index in [0.717, 1.165) is 44.2 Å². The van der Waals surface area contributed by atoms with Crippen LogP contribution in [0, 0.1) is 0 Å². The topological polar surface area (TPSA) is 58.2 Å². The van der Waals surface area contributed by atoms with Crippen LogP contribution in [0.2, 0.25) is 0 Å². The summed E-state index contributed by atoms with van der Waals surface area (Å²) < 4.78 is 28.1. The van der Waals surface area contributed by atoms with Crippen LogP contribution in [-0.2, 0) is 10.0 Å². The van der Waals surface area contributed by atoms with Crippen LogP contribution in [0.4, 0.5) is 0 Å². The van der Waals surface area contributed by atoms with Crippen molar-refractivity contribution in [2.45, 2.75) is 71.8 Å². The van der Waals surface area contributed by atoms with E-state index in [1.165, 1.54) is 12.5 Å². The molecule has 0 unspecified atom stereocenters. The zero-order chi connectivity index (χ0) is 21.1. The predicted octanol–water partition coefficient (Wildman–Crippen LogP) is 5.40. The molecule has 2 N–H and O–H groups in total. The molecule has 0 atom stereocenters. The molecule has 2 rings (SSSR count). The third kappa shape index (κ3) is 7.57. The van der Waals surface area contributed by atoms with Gasteiger partial charge in [-0.3, -0.25) is 0 Å². The third-order valence-corrected chi connectivity index (χ3v) is 6.13. The quantitative estimate of drug-likeness (QED) is 0.450. The van der Waals surface area contributed by atoms with E-state index in [1.807, 2.05) is 13.8 Å². The molecule has 1 aliphatic carbocycles. The molecular formula is C21H37ClN2O2S. The summed E-state index contributed by atoms with van der Waals surface area (Å²) in [6.45, 7) is 20.2. The monoisotopic (exact) mass is 416 g/mol. The fourth-order valence-corrected chi connectivity index (χ4v) is 5.37. The van der Waals surface area contributed by atoms with Crippen molar-refractivity contribution in [3.8, 4) is 0 Å². The van der Waals surface area contributed by atoms with E-state index in [-0.39, 0.29) is 0 Å². The van der Waals surface area contributed by atoms with E-state index >= 15 is 0 Å². The smallest absolute Gasteiger partial charge is 0.242 e. The lowest BCUT2D eigenvalue weighted by Gasteiger charge is -2.35. The lowest BCUT2D eigenvalue weighted by Crippen LogP contribution is -2.47. The molecule has 0 amide bonds. The molecule has 1 heterocycles. The molecule has 1 aliphatic heterocycles. The average molecular weight is 417 g/mol. The maximum absolute atomic E-state index is 12.6. The zero-order valence-electron chi connectivity index (χ0n) is 17.5. The molecule has 0 aromatic carbocycles. The summed E-state index contributed by atoms with van der Waals surface area (Å²) in [7, 11) is -3.47. The summed E-state index contributed by atoms with van der Waals surface area (Å²) in [5.74, 6) is 0. The number of nitrogens with one attached hydrogen (secondary N) is 2. The molecule has 4 nitrogen and oxygen atoms in total. The highest BCUT2D eigenvalue weighted by Gasteiger charge is 2.48. The maximum atomic E-state index is 12.6. The predicted molar refractivity (Wildman–Crippen MR) is 119 cm³/mol. The number of rotatable bonds is 6. The van der Waals surface area contributed by atoms with Crippen molar-refractivity contribution >= 4 is 21.6 Å². The Morgan fingerprint density at radius 2 is 1.78 bits per heavy atom. The highest BCUT2D eigenvalue weighted by atomic mass is 35.5. The van der Waals surface area contributed by atoms with Gasteiger partial charge in [-0.2, -0.15) is 0 Å². The van der Waals surface area contributed by atoms with Gasteiger partial charge in [0.25, 0.3) is 0 Å². The van der Waals surface area contributed by atoms with Crippen LogP contribution >= 0.6 is 11.6 Å². The molecule has 0 bridgehead atoms. The highest BCUT2D eigenvalue weighted by Crippen LogP contribution is 2.43. The summed E-state index contributed by atoms with van der Waals surface area (Å²) in [6, 6.07) is 0. The summed E-state index contributed by atoms with van der Waals surface area (Å²) in [5, 5.41) is 4.00. The second kappa shape index (κ2) is 12.6. The van der Waals surface area contributed by atoms with Gasteiger partial charge in [0.15, 0.2) is 0 Å². The van der Waals surface area contributed by atoms with Gasteiger partial charge in [0.05, 0.1) is 10.4 Å². The average Bonchev–Trinajstić information content (AvgIpc) is 2.82. The minimum atomic E-state index is -3.47. The molecule has 6 heteroatoms. The van der Waals surface area contributed by atoms with E-state index in [9.17, 15) is 8.42 Å². The molecule has 1 spiro atoms. The molecule has 0 aromatic rings. The first-order valence-corrected chi connectivity index (χ1v) is 11.7. The molecule has 27 heavy (non-hydrogen) atoms. The second-order valence-corrected chi connectivity index (χ2v) is 8.90. The van der Waals surface area contributed by atoms with Gasteiger partial charge in [0, 0.05) is 11.6 Å². The lowest BCUT2D eigenvalue weighted by atomic mass is 9.76. The zero-order valence-corrected chi connectivity index (χ0v) is 19.0. The van der Waals surface area contributed by atoms with Crippen LogP contribution in [0.25, 0.3) is 0 Å². The van der Waals surface area contributed by atoms with E-state index in [1.54, 1.807) is 6.92 Å². The van der Waals surface area contributed by atoms with Gasteiger partial charge in [-0.1, -0.05) is 77.4 Å². The molecule has 0 radical (unpaired) electrons. The SMILES string of the molecule is C=C(C)Cl.C=CC(=C)C1=C(CNCCC)C2(CCCCC2)NS1(=O)=O.CC. The molecular weight excluding hydrogens is 380 g/mol. The molecule has 1 saturated carbocycles. The van der Waals surface area contributed by atoms with Gasteiger partial charge in [-0.05, 0) is 43.9 Å². The van der Waals surface area contributed by atoms with Gasteiger partial charge in [-0.25, -0.2) is 13.1 Å². The normalized spacial score (nSPS) is 19.4. The van der Waals surface area contributed by atoms with Gasteiger partial charge in [0.1, 0.15) is 0 Å². The molecule has 1 fully saturated rings. The van der Waals surface area contributed by atoms with Crippen LogP contribution in [0.3, 0.4) is 0 Å². The molecule has 0 aromatic heterocycles. The van der Waals surface area contributed by atoms with Crippen LogP contribution < -0.4 is 10.0 Å². The Morgan fingerprint density at radius 3 is 2.22 bits per heavy atom. The Bertz CT molecular complexity index is 641. The van der Waals surface area contributed by atoms with E-state index in [0.29, 0.717) is 22.1 Å². The van der Waals surface area contributed by atoms with Crippen LogP contribution in [-0.4, -0.2) is 27.0 Å². The highest BCUT2D eigenvalue weighted by molar-refractivity contribution is 7.94. The molecule has 2 aliphatic rings. The second-order valence-electron chi connectivity index (χ2n) is 6.64. The first-order valence-electron chi connectivity index (χ1n) is 9.81. The summed E-state index contributed by atoms with van der Waals surface area (Å²) in [5.41, 5.74) is 1.05. The van der Waals surface area contributed by atoms with Crippen molar-refractivity contribution in [3.63, 3.8) is 0 Å². The van der Waals surface area contributed by atoms with E-state index in [2.05, 4.69) is 36.7 Å². The Balaban J connectivity index is 0.000000998. The van der Waals surface area contributed by atoms with Crippen molar-refractivity contribution in [1.29, 1.82) is 0 Å². The van der Waals surface area contributed by atoms with Crippen molar-refractivity contribution < 1.29 is 8.42 Å². The first kappa shape index (κ1) is 26.1. The van der Waals surface area contributed by atoms with Gasteiger partial charge >= 0.3 is 0 Å². The minimum Gasteiger partial charge on any atom is -0.313 e. The fourth-order valence-electron chi connectivity index (χ4n) is 3.41. The first-order chi connectivity index (χ1) is 12.7. The van der Waals surface area contributed by atoms with Crippen molar-refractivity contribution in [2.75, 3.05) is 13.1 Å². The van der Waals surface area contributed by atoms with Crippen LogP contribution in [0.5, 0.6) is 0 Å². The van der Waals surface area contributed by atoms with E-state index < -0.39 is 15.6 Å². The summed E-state index contributed by atoms with van der Waals surface area (Å²) in [6.07, 6.45) is 7.62. The Hall–Kier alpha value is -0.880. The van der Waals surface area contributed by atoms with Gasteiger partial charge in [-0.15, -0.1) is 0 Å². The summed E-state index contributed by atoms with van der Waals surface area (Å²) >= 11 is 5.08. The van der Waals surface area contributed by atoms with Crippen LogP contribution in [0.1, 0.15) is 66.2 Å². The van der Waals surface area contributed by atoms with Crippen molar-refractivity contribution in [1.82, 2.24) is 10.0 Å². The Labute approximate surface area is 171 Å². The Morgan fingerprint density at radius 1 is 1.26 bits per heavy atom. The maximum Gasteiger partial charge on any atom is 0.242 e. The van der Waals surface area contributed by atoms with Crippen molar-refractivity contribution in [2.24, 2.45) is 0 Å². The largest absolute Gasteiger partial charge is 0.313 e. The number of allylic oxidation sites excluding steroid dienone is 3. The third-order valence-electron chi connectivity index (χ3n) is 4.42. The number of hydrogen-bond donors (Lipinski definition) is 2. The van der Waals surface area contributed by atoms with Crippen molar-refractivity contribution in [3.05, 3.63) is 46.9 Å². The number of halogens is 1. The number of sulfonamides is 1. The molecule has 0 saturated heterocycles. The standard InChI is InChI=1S/C16H26N2O2S.C3H5Cl.C2H6/c1-4-11-17-12-14-15(13(3)5-2)21(19,20)18-16(14)9-7-6-8-10-16;1-3(2)4;1-2/h5,17-18H,2-4,6-12H2,1H3;1H2,2H3;1-2H3. The lowest BCUT2D eigenvalue weighted by molar-refractivity contribution is 0.314. The fraction of sp³-hybridized carbons (Fsp3) is 0.619. The summed E-state index contributed by atoms with van der Waals surface area (Å²) in [4.78, 5) is 0.364. The van der Waals surface area contributed by atoms with Gasteiger partial charge in [0.2, 0.25) is 10.0 Å². The van der Waals surface area contributed by atoms with E-state index in [4.69, 9.17) is 11.6 Å². The minimum absolute atomic E-state index is 0.364. The van der Waals surface area contributed by atoms with Crippen LogP contribution in [0.15, 0.2) is 46.9 Å². The molecule has 156 valence electrons. The Kier molecular flexibility index (Phi) is 12.1.